The molecule has 0 atom stereocenters. The lowest BCUT2D eigenvalue weighted by Gasteiger charge is -2.23. The number of carbonyl (C=O) groups excluding carboxylic acids is 1. The number of benzene rings is 1. The molecule has 0 saturated carbocycles. The van der Waals surface area contributed by atoms with Crippen molar-refractivity contribution in [1.82, 2.24) is 19.6 Å². The number of nitro groups is 1. The molecule has 9 nitrogen and oxygen atoms in total. The number of aromatic nitrogens is 4. The van der Waals surface area contributed by atoms with Crippen LogP contribution in [0.5, 0.6) is 0 Å². The fourth-order valence-electron chi connectivity index (χ4n) is 2.45. The molecule has 2 heterocycles. The summed E-state index contributed by atoms with van der Waals surface area (Å²) in [5, 5.41) is 22.8. The monoisotopic (exact) mass is 422 g/mol. The summed E-state index contributed by atoms with van der Waals surface area (Å²) in [7, 11) is 0. The third-order valence-electron chi connectivity index (χ3n) is 4.17. The quantitative estimate of drug-likeness (QED) is 0.480. The van der Waals surface area contributed by atoms with Crippen molar-refractivity contribution in [2.24, 2.45) is 0 Å². The van der Waals surface area contributed by atoms with Gasteiger partial charge in [-0.2, -0.15) is 10.2 Å². The Hall–Kier alpha value is -2.91. The van der Waals surface area contributed by atoms with Crippen molar-refractivity contribution in [3.05, 3.63) is 68.6 Å². The van der Waals surface area contributed by atoms with Gasteiger partial charge in [-0.3, -0.25) is 24.3 Å². The number of hydrogen-bond donors (Lipinski definition) is 1. The highest BCUT2D eigenvalue weighted by Crippen LogP contribution is 2.25. The van der Waals surface area contributed by atoms with Crippen LogP contribution in [-0.4, -0.2) is 30.4 Å². The van der Waals surface area contributed by atoms with Gasteiger partial charge in [-0.25, -0.2) is 0 Å². The molecule has 0 aliphatic rings. The average molecular weight is 423 g/mol. The lowest BCUT2D eigenvalue weighted by molar-refractivity contribution is -0.385. The number of nitrogens with one attached hydrogen (secondary N) is 1. The van der Waals surface area contributed by atoms with E-state index >= 15 is 0 Å². The highest BCUT2D eigenvalue weighted by molar-refractivity contribution is 6.35. The van der Waals surface area contributed by atoms with E-state index in [9.17, 15) is 14.9 Å². The largest absolute Gasteiger partial charge is 0.307 e. The molecule has 0 radical (unpaired) electrons. The predicted octanol–water partition coefficient (Wildman–Crippen LogP) is 3.72. The van der Waals surface area contributed by atoms with Gasteiger partial charge in [0.05, 0.1) is 11.5 Å². The van der Waals surface area contributed by atoms with E-state index in [0.717, 1.165) is 11.8 Å². The standard InChI is InChI=1S/C17H16Cl2N6O3/c1-17(2,24-9-11(8-20-24)25(27)28)16(26)21-15-6-7-23(22-15)10-12-13(18)4-3-5-14(12)19/h3-9H,10H2,1-2H3,(H,21,22,26). The molecule has 1 N–H and O–H groups in total. The van der Waals surface area contributed by atoms with Crippen molar-refractivity contribution in [3.63, 3.8) is 0 Å². The topological polar surface area (TPSA) is 108 Å². The first kappa shape index (κ1) is 19.8. The Labute approximate surface area is 170 Å². The van der Waals surface area contributed by atoms with Crippen molar-refractivity contribution in [3.8, 4) is 0 Å². The van der Waals surface area contributed by atoms with Gasteiger partial charge in [-0.15, -0.1) is 0 Å². The molecule has 0 aliphatic carbocycles. The van der Waals surface area contributed by atoms with Crippen molar-refractivity contribution < 1.29 is 9.72 Å². The van der Waals surface area contributed by atoms with Crippen LogP contribution >= 0.6 is 23.2 Å². The summed E-state index contributed by atoms with van der Waals surface area (Å²) in [5.74, 6) is -0.102. The van der Waals surface area contributed by atoms with Crippen LogP contribution in [0.4, 0.5) is 11.5 Å². The first-order valence-corrected chi connectivity index (χ1v) is 8.91. The molecule has 146 valence electrons. The third kappa shape index (κ3) is 4.00. The van der Waals surface area contributed by atoms with Crippen LogP contribution in [0, 0.1) is 10.1 Å². The summed E-state index contributed by atoms with van der Waals surface area (Å²) in [6.45, 7) is 3.53. The minimum atomic E-state index is -1.16. The van der Waals surface area contributed by atoms with Gasteiger partial charge in [0, 0.05) is 27.9 Å². The van der Waals surface area contributed by atoms with Gasteiger partial charge in [0.25, 0.3) is 5.91 Å². The average Bonchev–Trinajstić information content (AvgIpc) is 3.28. The molecular weight excluding hydrogens is 407 g/mol. The van der Waals surface area contributed by atoms with E-state index in [0.29, 0.717) is 22.4 Å². The first-order chi connectivity index (χ1) is 13.2. The molecule has 2 aromatic heterocycles. The van der Waals surface area contributed by atoms with Crippen LogP contribution in [0.25, 0.3) is 0 Å². The Bertz CT molecular complexity index is 1020. The van der Waals surface area contributed by atoms with Crippen LogP contribution in [0.1, 0.15) is 19.4 Å². The summed E-state index contributed by atoms with van der Waals surface area (Å²) < 4.78 is 2.83. The van der Waals surface area contributed by atoms with Crippen molar-refractivity contribution in [1.29, 1.82) is 0 Å². The zero-order chi connectivity index (χ0) is 20.5. The van der Waals surface area contributed by atoms with Crippen molar-refractivity contribution in [2.75, 3.05) is 5.32 Å². The third-order valence-corrected chi connectivity index (χ3v) is 4.88. The van der Waals surface area contributed by atoms with Gasteiger partial charge in [-0.05, 0) is 26.0 Å². The molecular formula is C17H16Cl2N6O3. The fraction of sp³-hybridized carbons (Fsp3) is 0.235. The maximum atomic E-state index is 12.7. The number of carbonyl (C=O) groups is 1. The molecule has 11 heteroatoms. The molecule has 0 aliphatic heterocycles. The zero-order valence-electron chi connectivity index (χ0n) is 15.0. The van der Waals surface area contributed by atoms with Gasteiger partial charge in [0.15, 0.2) is 5.82 Å². The van der Waals surface area contributed by atoms with Crippen molar-refractivity contribution in [2.45, 2.75) is 25.9 Å². The SMILES string of the molecule is CC(C)(C(=O)Nc1ccn(Cc2c(Cl)cccc2Cl)n1)n1cc([N+](=O)[O-])cn1. The highest BCUT2D eigenvalue weighted by atomic mass is 35.5. The Morgan fingerprint density at radius 2 is 1.96 bits per heavy atom. The number of rotatable bonds is 6. The second-order valence-electron chi connectivity index (χ2n) is 6.51. The van der Waals surface area contributed by atoms with E-state index in [-0.39, 0.29) is 5.69 Å². The minimum Gasteiger partial charge on any atom is -0.307 e. The van der Waals surface area contributed by atoms with E-state index in [4.69, 9.17) is 23.2 Å². The number of anilines is 1. The summed E-state index contributed by atoms with van der Waals surface area (Å²) >= 11 is 12.3. The number of nitrogens with zero attached hydrogens (tertiary/aromatic N) is 5. The zero-order valence-corrected chi connectivity index (χ0v) is 16.5. The lowest BCUT2D eigenvalue weighted by atomic mass is 10.1. The number of amides is 1. The molecule has 0 bridgehead atoms. The van der Waals surface area contributed by atoms with Crippen LogP contribution in [-0.2, 0) is 16.9 Å². The summed E-state index contributed by atoms with van der Waals surface area (Å²) in [6.07, 6.45) is 3.98. The molecule has 28 heavy (non-hydrogen) atoms. The molecule has 0 fully saturated rings. The Balaban J connectivity index is 1.73. The summed E-state index contributed by atoms with van der Waals surface area (Å²) in [6, 6.07) is 6.86. The second kappa shape index (κ2) is 7.61. The first-order valence-electron chi connectivity index (χ1n) is 8.16. The summed E-state index contributed by atoms with van der Waals surface area (Å²) in [5.41, 5.74) is -0.637. The van der Waals surface area contributed by atoms with Crippen LogP contribution in [0.2, 0.25) is 10.0 Å². The smallest absolute Gasteiger partial charge is 0.307 e. The van der Waals surface area contributed by atoms with Gasteiger partial charge >= 0.3 is 5.69 Å². The van der Waals surface area contributed by atoms with E-state index in [1.807, 2.05) is 0 Å². The van der Waals surface area contributed by atoms with Crippen LogP contribution in [0.3, 0.4) is 0 Å². The fourth-order valence-corrected chi connectivity index (χ4v) is 2.97. The normalized spacial score (nSPS) is 11.4. The molecule has 0 saturated heterocycles. The molecule has 0 spiro atoms. The number of halogens is 2. The number of hydrogen-bond acceptors (Lipinski definition) is 5. The Morgan fingerprint density at radius 1 is 1.29 bits per heavy atom. The van der Waals surface area contributed by atoms with E-state index in [1.165, 1.54) is 10.9 Å². The van der Waals surface area contributed by atoms with Gasteiger partial charge in [0.2, 0.25) is 0 Å². The molecule has 0 unspecified atom stereocenters. The van der Waals surface area contributed by atoms with Crippen LogP contribution < -0.4 is 5.32 Å². The van der Waals surface area contributed by atoms with Gasteiger partial charge < -0.3 is 5.32 Å². The lowest BCUT2D eigenvalue weighted by Crippen LogP contribution is -2.40. The van der Waals surface area contributed by atoms with E-state index in [1.54, 1.807) is 49.0 Å². The van der Waals surface area contributed by atoms with Crippen LogP contribution in [0.15, 0.2) is 42.9 Å². The predicted molar refractivity (Wildman–Crippen MR) is 105 cm³/mol. The van der Waals surface area contributed by atoms with Gasteiger partial charge in [-0.1, -0.05) is 29.3 Å². The molecule has 1 amide bonds. The van der Waals surface area contributed by atoms with Crippen molar-refractivity contribution >= 4 is 40.6 Å². The van der Waals surface area contributed by atoms with E-state index in [2.05, 4.69) is 15.5 Å². The molecule has 1 aromatic carbocycles. The molecule has 3 aromatic rings. The maximum Gasteiger partial charge on any atom is 0.307 e. The van der Waals surface area contributed by atoms with Gasteiger partial charge in [0.1, 0.15) is 17.9 Å². The molecule has 3 rings (SSSR count). The summed E-state index contributed by atoms with van der Waals surface area (Å²) in [4.78, 5) is 22.9. The minimum absolute atomic E-state index is 0.193. The Morgan fingerprint density at radius 3 is 2.57 bits per heavy atom. The Kier molecular flexibility index (Phi) is 5.39. The van der Waals surface area contributed by atoms with E-state index < -0.39 is 16.4 Å². The highest BCUT2D eigenvalue weighted by Gasteiger charge is 2.32. The maximum absolute atomic E-state index is 12.7. The second-order valence-corrected chi connectivity index (χ2v) is 7.33.